The van der Waals surface area contributed by atoms with Crippen LogP contribution in [0.4, 0.5) is 0 Å². The molecule has 0 saturated heterocycles. The smallest absolute Gasteiger partial charge is 0.120 e. The zero-order chi connectivity index (χ0) is 7.40. The molecule has 0 N–H and O–H groups in total. The minimum atomic E-state index is 0.566. The van der Waals surface area contributed by atoms with Crippen LogP contribution in [0.2, 0.25) is 4.34 Å². The molecule has 1 rings (SSSR count). The highest BCUT2D eigenvalue weighted by molar-refractivity contribution is 7.14. The molecule has 0 aliphatic rings. The molecule has 0 saturated carbocycles. The highest BCUT2D eigenvalue weighted by atomic mass is 35.5. The quantitative estimate of drug-likeness (QED) is 0.644. The normalized spacial score (nSPS) is 9.70. The summed E-state index contributed by atoms with van der Waals surface area (Å²) in [5, 5.41) is 1.93. The van der Waals surface area contributed by atoms with Gasteiger partial charge in [-0.05, 0) is 23.4 Å². The molecule has 0 spiro atoms. The number of thiophene rings is 1. The number of aryl methyl sites for hydroxylation is 1. The van der Waals surface area contributed by atoms with Gasteiger partial charge in [-0.3, -0.25) is 0 Å². The van der Waals surface area contributed by atoms with Crippen LogP contribution in [0.5, 0.6) is 0 Å². The number of hydrogen-bond donors (Lipinski definition) is 0. The van der Waals surface area contributed by atoms with E-state index in [0.29, 0.717) is 6.42 Å². The van der Waals surface area contributed by atoms with Crippen molar-refractivity contribution in [3.63, 3.8) is 0 Å². The third-order valence-electron chi connectivity index (χ3n) is 1.22. The molecule has 0 fully saturated rings. The van der Waals surface area contributed by atoms with E-state index in [9.17, 15) is 4.79 Å². The van der Waals surface area contributed by atoms with Gasteiger partial charge >= 0.3 is 0 Å². The molecule has 1 nitrogen and oxygen atoms in total. The minimum absolute atomic E-state index is 0.566. The van der Waals surface area contributed by atoms with Crippen LogP contribution < -0.4 is 0 Å². The third-order valence-corrected chi connectivity index (χ3v) is 2.48. The highest BCUT2D eigenvalue weighted by Crippen LogP contribution is 2.23. The molecule has 0 unspecified atom stereocenters. The molecule has 0 aliphatic heterocycles. The van der Waals surface area contributed by atoms with Crippen LogP contribution >= 0.6 is 22.9 Å². The van der Waals surface area contributed by atoms with E-state index in [1.165, 1.54) is 11.3 Å². The predicted molar refractivity (Wildman–Crippen MR) is 43.7 cm³/mol. The van der Waals surface area contributed by atoms with Crippen molar-refractivity contribution in [3.05, 3.63) is 21.3 Å². The molecule has 10 heavy (non-hydrogen) atoms. The van der Waals surface area contributed by atoms with Crippen molar-refractivity contribution in [2.24, 2.45) is 0 Å². The lowest BCUT2D eigenvalue weighted by Crippen LogP contribution is -1.82. The van der Waals surface area contributed by atoms with Crippen molar-refractivity contribution >= 4 is 29.2 Å². The molecular formula is C7H7ClOS. The Hall–Kier alpha value is -0.340. The van der Waals surface area contributed by atoms with E-state index in [4.69, 9.17) is 11.6 Å². The molecule has 0 aromatic carbocycles. The standard InChI is InChI=1S/C7H7ClOS/c8-7-6(2-1-4-9)3-5-10-7/h3-5H,1-2H2. The molecule has 1 aromatic heterocycles. The molecule has 1 heterocycles. The monoisotopic (exact) mass is 174 g/mol. The molecule has 0 amide bonds. The summed E-state index contributed by atoms with van der Waals surface area (Å²) in [6, 6.07) is 1.95. The summed E-state index contributed by atoms with van der Waals surface area (Å²) < 4.78 is 0.807. The average molecular weight is 175 g/mol. The second-order valence-electron chi connectivity index (χ2n) is 1.92. The Balaban J connectivity index is 2.56. The van der Waals surface area contributed by atoms with E-state index in [0.717, 1.165) is 22.6 Å². The first-order valence-corrected chi connectivity index (χ1v) is 4.26. The number of carbonyl (C=O) groups excluding carboxylic acids is 1. The predicted octanol–water partition coefficient (Wildman–Crippen LogP) is 2.53. The van der Waals surface area contributed by atoms with E-state index in [1.807, 2.05) is 11.4 Å². The molecule has 0 atom stereocenters. The van der Waals surface area contributed by atoms with Crippen molar-refractivity contribution < 1.29 is 4.79 Å². The molecule has 0 aliphatic carbocycles. The maximum atomic E-state index is 9.97. The lowest BCUT2D eigenvalue weighted by molar-refractivity contribution is -0.107. The summed E-state index contributed by atoms with van der Waals surface area (Å²) in [5.41, 5.74) is 1.08. The van der Waals surface area contributed by atoms with Gasteiger partial charge in [-0.15, -0.1) is 11.3 Å². The number of hydrogen-bond acceptors (Lipinski definition) is 2. The van der Waals surface area contributed by atoms with E-state index < -0.39 is 0 Å². The van der Waals surface area contributed by atoms with Crippen molar-refractivity contribution in [1.29, 1.82) is 0 Å². The fourth-order valence-electron chi connectivity index (χ4n) is 0.713. The van der Waals surface area contributed by atoms with Gasteiger partial charge in [-0.2, -0.15) is 0 Å². The van der Waals surface area contributed by atoms with Gasteiger partial charge in [-0.25, -0.2) is 0 Å². The lowest BCUT2D eigenvalue weighted by Gasteiger charge is -1.90. The van der Waals surface area contributed by atoms with Crippen LogP contribution in [0.3, 0.4) is 0 Å². The fraction of sp³-hybridized carbons (Fsp3) is 0.286. The Morgan fingerprint density at radius 1 is 1.70 bits per heavy atom. The van der Waals surface area contributed by atoms with E-state index in [-0.39, 0.29) is 0 Å². The van der Waals surface area contributed by atoms with Crippen LogP contribution in [0.1, 0.15) is 12.0 Å². The van der Waals surface area contributed by atoms with Crippen LogP contribution in [0.25, 0.3) is 0 Å². The lowest BCUT2D eigenvalue weighted by atomic mass is 10.2. The van der Waals surface area contributed by atoms with E-state index >= 15 is 0 Å². The Kier molecular flexibility index (Phi) is 2.90. The largest absolute Gasteiger partial charge is 0.303 e. The highest BCUT2D eigenvalue weighted by Gasteiger charge is 1.98. The summed E-state index contributed by atoms with van der Waals surface area (Å²) in [5.74, 6) is 0. The van der Waals surface area contributed by atoms with Crippen LogP contribution in [-0.4, -0.2) is 6.29 Å². The topological polar surface area (TPSA) is 17.1 Å². The van der Waals surface area contributed by atoms with Gasteiger partial charge in [0, 0.05) is 6.42 Å². The summed E-state index contributed by atoms with van der Waals surface area (Å²) >= 11 is 7.28. The maximum Gasteiger partial charge on any atom is 0.120 e. The minimum Gasteiger partial charge on any atom is -0.303 e. The molecule has 54 valence electrons. The first-order chi connectivity index (χ1) is 4.84. The molecular weight excluding hydrogens is 168 g/mol. The van der Waals surface area contributed by atoms with Gasteiger partial charge < -0.3 is 4.79 Å². The Bertz CT molecular complexity index is 219. The SMILES string of the molecule is O=CCCc1ccsc1Cl. The van der Waals surface area contributed by atoms with Crippen LogP contribution in [0, 0.1) is 0 Å². The maximum absolute atomic E-state index is 9.97. The van der Waals surface area contributed by atoms with Gasteiger partial charge in [0.2, 0.25) is 0 Å². The first-order valence-electron chi connectivity index (χ1n) is 3.00. The van der Waals surface area contributed by atoms with E-state index in [2.05, 4.69) is 0 Å². The number of aldehydes is 1. The molecule has 3 heteroatoms. The first kappa shape index (κ1) is 7.76. The summed E-state index contributed by atoms with van der Waals surface area (Å²) in [6.07, 6.45) is 2.25. The van der Waals surface area contributed by atoms with Crippen LogP contribution in [0.15, 0.2) is 11.4 Å². The number of carbonyl (C=O) groups is 1. The Labute approximate surface area is 68.6 Å². The van der Waals surface area contributed by atoms with Gasteiger partial charge in [0.05, 0.1) is 4.34 Å². The van der Waals surface area contributed by atoms with Crippen molar-refractivity contribution in [1.82, 2.24) is 0 Å². The second kappa shape index (κ2) is 3.74. The van der Waals surface area contributed by atoms with Crippen molar-refractivity contribution in [2.75, 3.05) is 0 Å². The molecule has 1 aromatic rings. The van der Waals surface area contributed by atoms with Gasteiger partial charge in [0.1, 0.15) is 6.29 Å². The second-order valence-corrected chi connectivity index (χ2v) is 3.44. The molecule has 0 bridgehead atoms. The zero-order valence-corrected chi connectivity index (χ0v) is 6.91. The van der Waals surface area contributed by atoms with Crippen LogP contribution in [-0.2, 0) is 11.2 Å². The van der Waals surface area contributed by atoms with Gasteiger partial charge in [0.15, 0.2) is 0 Å². The number of halogens is 1. The van der Waals surface area contributed by atoms with Crippen molar-refractivity contribution in [2.45, 2.75) is 12.8 Å². The fourth-order valence-corrected chi connectivity index (χ4v) is 1.70. The Morgan fingerprint density at radius 2 is 2.50 bits per heavy atom. The summed E-state index contributed by atoms with van der Waals surface area (Å²) in [4.78, 5) is 9.97. The third kappa shape index (κ3) is 1.82. The Morgan fingerprint density at radius 3 is 3.00 bits per heavy atom. The van der Waals surface area contributed by atoms with Crippen molar-refractivity contribution in [3.8, 4) is 0 Å². The van der Waals surface area contributed by atoms with Gasteiger partial charge in [0.25, 0.3) is 0 Å². The molecule has 0 radical (unpaired) electrons. The summed E-state index contributed by atoms with van der Waals surface area (Å²) in [6.45, 7) is 0. The number of rotatable bonds is 3. The summed E-state index contributed by atoms with van der Waals surface area (Å²) in [7, 11) is 0. The average Bonchev–Trinajstić information content (AvgIpc) is 2.31. The van der Waals surface area contributed by atoms with Gasteiger partial charge in [-0.1, -0.05) is 11.6 Å². The zero-order valence-electron chi connectivity index (χ0n) is 5.34. The van der Waals surface area contributed by atoms with E-state index in [1.54, 1.807) is 0 Å².